The molecule has 2 N–H and O–H groups in total. The number of rotatable bonds is 13. The van der Waals surface area contributed by atoms with Crippen molar-refractivity contribution in [1.29, 1.82) is 0 Å². The van der Waals surface area contributed by atoms with E-state index in [0.29, 0.717) is 42.1 Å². The lowest BCUT2D eigenvalue weighted by Gasteiger charge is -2.30. The minimum Gasteiger partial charge on any atom is -0.494 e. The van der Waals surface area contributed by atoms with Crippen molar-refractivity contribution >= 4 is 29.0 Å². The highest BCUT2D eigenvalue weighted by molar-refractivity contribution is 6.12. The Kier molecular flexibility index (Phi) is 10.6. The highest BCUT2D eigenvalue weighted by atomic mass is 16.5. The number of hydrogen-bond acceptors (Lipinski definition) is 5. The average Bonchev–Trinajstić information content (AvgIpc) is 3.01. The van der Waals surface area contributed by atoms with E-state index < -0.39 is 17.4 Å². The number of anilines is 2. The first-order valence-corrected chi connectivity index (χ1v) is 14.8. The highest BCUT2D eigenvalue weighted by Crippen LogP contribution is 2.27. The van der Waals surface area contributed by atoms with E-state index in [2.05, 4.69) is 5.32 Å². The average molecular weight is 593 g/mol. The number of aryl methyl sites for hydroxylation is 1. The number of ketones is 1. The molecule has 228 valence electrons. The second-order valence-corrected chi connectivity index (χ2v) is 11.8. The van der Waals surface area contributed by atoms with E-state index in [1.54, 1.807) is 48.5 Å². The van der Waals surface area contributed by atoms with Gasteiger partial charge in [-0.3, -0.25) is 9.59 Å². The first-order chi connectivity index (χ1) is 21.0. The third-order valence-corrected chi connectivity index (χ3v) is 7.29. The van der Waals surface area contributed by atoms with Crippen LogP contribution in [-0.2, 0) is 16.0 Å². The summed E-state index contributed by atoms with van der Waals surface area (Å²) in [6.07, 6.45) is 0.855. The zero-order valence-corrected chi connectivity index (χ0v) is 25.7. The Morgan fingerprint density at radius 3 is 2.14 bits per heavy atom. The maximum Gasteiger partial charge on any atom is 0.326 e. The molecular formula is C37H40N2O5. The van der Waals surface area contributed by atoms with Gasteiger partial charge in [-0.25, -0.2) is 4.79 Å². The third-order valence-electron chi connectivity index (χ3n) is 7.29. The predicted molar refractivity (Wildman–Crippen MR) is 175 cm³/mol. The van der Waals surface area contributed by atoms with Gasteiger partial charge in [-0.05, 0) is 54.8 Å². The molecule has 0 bridgehead atoms. The molecule has 4 aromatic carbocycles. The Hall–Kier alpha value is -4.91. The molecule has 1 unspecified atom stereocenters. The molecule has 0 aromatic heterocycles. The topological polar surface area (TPSA) is 95.9 Å². The number of ether oxygens (including phenoxy) is 1. The van der Waals surface area contributed by atoms with E-state index in [9.17, 15) is 19.5 Å². The fraction of sp³-hybridized carbons (Fsp3) is 0.270. The zero-order valence-electron chi connectivity index (χ0n) is 25.7. The van der Waals surface area contributed by atoms with Crippen LogP contribution in [0.4, 0.5) is 11.4 Å². The standard InChI is InChI=1S/C37H40N2O5/c1-26-13-8-11-18-33(26)39(36(43)37(2,3)4)23-12-24-44-29-21-19-27(20-22-29)25-32(35(41)42)38-31-17-10-9-16-30(31)34(40)28-14-6-5-7-15-28/h5-11,13-22,32,38H,12,23-25H2,1-4H3,(H,41,42). The molecule has 7 heteroatoms. The van der Waals surface area contributed by atoms with Crippen LogP contribution in [0.3, 0.4) is 0 Å². The van der Waals surface area contributed by atoms with Crippen molar-refractivity contribution in [3.8, 4) is 5.75 Å². The van der Waals surface area contributed by atoms with Gasteiger partial charge in [0.2, 0.25) is 5.91 Å². The largest absolute Gasteiger partial charge is 0.494 e. The van der Waals surface area contributed by atoms with Gasteiger partial charge in [0.15, 0.2) is 5.78 Å². The van der Waals surface area contributed by atoms with Crippen LogP contribution in [0, 0.1) is 12.3 Å². The van der Waals surface area contributed by atoms with Crippen LogP contribution >= 0.6 is 0 Å². The molecule has 0 aliphatic carbocycles. The number of aliphatic carboxylic acids is 1. The molecule has 4 aromatic rings. The Morgan fingerprint density at radius 1 is 0.841 bits per heavy atom. The maximum absolute atomic E-state index is 13.2. The second-order valence-electron chi connectivity index (χ2n) is 11.8. The van der Waals surface area contributed by atoms with Gasteiger partial charge in [-0.2, -0.15) is 0 Å². The molecule has 1 amide bonds. The zero-order chi connectivity index (χ0) is 31.7. The third kappa shape index (κ3) is 8.34. The van der Waals surface area contributed by atoms with Gasteiger partial charge in [0.25, 0.3) is 0 Å². The maximum atomic E-state index is 13.2. The number of nitrogens with one attached hydrogen (secondary N) is 1. The summed E-state index contributed by atoms with van der Waals surface area (Å²) in [5, 5.41) is 13.0. The lowest BCUT2D eigenvalue weighted by atomic mass is 9.94. The van der Waals surface area contributed by atoms with Crippen molar-refractivity contribution in [1.82, 2.24) is 0 Å². The predicted octanol–water partition coefficient (Wildman–Crippen LogP) is 7.18. The Labute approximate surface area is 259 Å². The summed E-state index contributed by atoms with van der Waals surface area (Å²) in [7, 11) is 0. The van der Waals surface area contributed by atoms with E-state index >= 15 is 0 Å². The molecular weight excluding hydrogens is 552 g/mol. The molecule has 0 fully saturated rings. The quantitative estimate of drug-likeness (QED) is 0.126. The molecule has 1 atom stereocenters. The van der Waals surface area contributed by atoms with Crippen molar-refractivity contribution in [2.45, 2.75) is 46.6 Å². The number of carbonyl (C=O) groups excluding carboxylic acids is 2. The number of para-hydroxylation sites is 2. The van der Waals surface area contributed by atoms with Gasteiger partial charge < -0.3 is 20.1 Å². The fourth-order valence-electron chi connectivity index (χ4n) is 4.91. The number of carboxylic acid groups (broad SMARTS) is 1. The number of carbonyl (C=O) groups is 3. The smallest absolute Gasteiger partial charge is 0.326 e. The van der Waals surface area contributed by atoms with Gasteiger partial charge in [-0.1, -0.05) is 93.6 Å². The van der Waals surface area contributed by atoms with E-state index in [1.165, 1.54) is 0 Å². The highest BCUT2D eigenvalue weighted by Gasteiger charge is 2.28. The first-order valence-electron chi connectivity index (χ1n) is 14.8. The SMILES string of the molecule is Cc1ccccc1N(CCCOc1ccc(CC(Nc2ccccc2C(=O)c2ccccc2)C(=O)O)cc1)C(=O)C(C)(C)C. The van der Waals surface area contributed by atoms with Gasteiger partial charge in [-0.15, -0.1) is 0 Å². The summed E-state index contributed by atoms with van der Waals surface area (Å²) in [5.74, 6) is -0.471. The summed E-state index contributed by atoms with van der Waals surface area (Å²) in [4.78, 5) is 40.3. The van der Waals surface area contributed by atoms with Crippen LogP contribution in [0.2, 0.25) is 0 Å². The van der Waals surface area contributed by atoms with Gasteiger partial charge in [0.05, 0.1) is 6.61 Å². The van der Waals surface area contributed by atoms with Crippen LogP contribution < -0.4 is 15.0 Å². The normalized spacial score (nSPS) is 11.8. The number of amides is 1. The fourth-order valence-corrected chi connectivity index (χ4v) is 4.91. The molecule has 0 saturated heterocycles. The lowest BCUT2D eigenvalue weighted by molar-refractivity contribution is -0.137. The molecule has 4 rings (SSSR count). The first kappa shape index (κ1) is 32.0. The van der Waals surface area contributed by atoms with Crippen molar-refractivity contribution in [3.05, 3.63) is 125 Å². The molecule has 0 aliphatic rings. The summed E-state index contributed by atoms with van der Waals surface area (Å²) >= 11 is 0. The summed E-state index contributed by atoms with van der Waals surface area (Å²) in [6, 6.07) is 30.1. The van der Waals surface area contributed by atoms with Crippen LogP contribution in [0.5, 0.6) is 5.75 Å². The minimum absolute atomic E-state index is 0.0600. The summed E-state index contributed by atoms with van der Waals surface area (Å²) in [6.45, 7) is 8.72. The number of hydrogen-bond donors (Lipinski definition) is 2. The van der Waals surface area contributed by atoms with E-state index in [0.717, 1.165) is 16.8 Å². The monoisotopic (exact) mass is 592 g/mol. The molecule has 0 radical (unpaired) electrons. The van der Waals surface area contributed by atoms with Crippen molar-refractivity contribution in [2.75, 3.05) is 23.4 Å². The van der Waals surface area contributed by atoms with Gasteiger partial charge in [0.1, 0.15) is 11.8 Å². The number of benzene rings is 4. The molecule has 0 spiro atoms. The summed E-state index contributed by atoms with van der Waals surface area (Å²) in [5.41, 5.74) is 3.67. The van der Waals surface area contributed by atoms with Crippen molar-refractivity contribution in [3.63, 3.8) is 0 Å². The van der Waals surface area contributed by atoms with Crippen LogP contribution in [0.1, 0.15) is 54.2 Å². The Morgan fingerprint density at radius 2 is 1.48 bits per heavy atom. The molecule has 7 nitrogen and oxygen atoms in total. The van der Waals surface area contributed by atoms with Crippen molar-refractivity contribution in [2.24, 2.45) is 5.41 Å². The summed E-state index contributed by atoms with van der Waals surface area (Å²) < 4.78 is 5.97. The number of carboxylic acids is 1. The molecule has 44 heavy (non-hydrogen) atoms. The number of nitrogens with zero attached hydrogens (tertiary/aromatic N) is 1. The van der Waals surface area contributed by atoms with Gasteiger partial charge >= 0.3 is 5.97 Å². The van der Waals surface area contributed by atoms with Crippen LogP contribution in [0.25, 0.3) is 0 Å². The Balaban J connectivity index is 1.36. The van der Waals surface area contributed by atoms with Crippen LogP contribution in [0.15, 0.2) is 103 Å². The molecule has 0 saturated carbocycles. The van der Waals surface area contributed by atoms with E-state index in [1.807, 2.05) is 87.2 Å². The molecule has 0 heterocycles. The van der Waals surface area contributed by atoms with Gasteiger partial charge in [0, 0.05) is 40.9 Å². The minimum atomic E-state index is -1.02. The lowest BCUT2D eigenvalue weighted by Crippen LogP contribution is -2.41. The Bertz CT molecular complexity index is 1580. The van der Waals surface area contributed by atoms with E-state index in [4.69, 9.17) is 4.74 Å². The van der Waals surface area contributed by atoms with Crippen molar-refractivity contribution < 1.29 is 24.2 Å². The molecule has 0 aliphatic heterocycles. The van der Waals surface area contributed by atoms with Crippen LogP contribution in [-0.4, -0.2) is 42.0 Å². The van der Waals surface area contributed by atoms with E-state index in [-0.39, 0.29) is 18.1 Å². The second kappa shape index (κ2) is 14.5.